The lowest BCUT2D eigenvalue weighted by atomic mass is 9.95. The summed E-state index contributed by atoms with van der Waals surface area (Å²) in [6, 6.07) is 5.04. The van der Waals surface area contributed by atoms with Crippen LogP contribution in [0.5, 0.6) is 5.75 Å². The minimum atomic E-state index is -0.641. The van der Waals surface area contributed by atoms with Gasteiger partial charge in [-0.15, -0.1) is 0 Å². The molecule has 9 heteroatoms. The van der Waals surface area contributed by atoms with Crippen LogP contribution in [0.25, 0.3) is 0 Å². The Morgan fingerprint density at radius 3 is 2.71 bits per heavy atom. The van der Waals surface area contributed by atoms with Gasteiger partial charge in [0.05, 0.1) is 12.7 Å². The van der Waals surface area contributed by atoms with Crippen LogP contribution in [-0.4, -0.2) is 50.4 Å². The van der Waals surface area contributed by atoms with Crippen LogP contribution in [0, 0.1) is 0 Å². The number of anilines is 1. The van der Waals surface area contributed by atoms with Gasteiger partial charge in [0.15, 0.2) is 0 Å². The molecule has 8 nitrogen and oxygen atoms in total. The van der Waals surface area contributed by atoms with Crippen LogP contribution >= 0.6 is 11.5 Å². The SMILES string of the molecule is CCOc1cc([C@@H]2CC(=O)N([C@H](C)C(=O)Nc3nc(C(C)C)ns3)C2)ccc1C(C)O. The predicted molar refractivity (Wildman–Crippen MR) is 119 cm³/mol. The van der Waals surface area contributed by atoms with Crippen LogP contribution in [-0.2, 0) is 9.59 Å². The Kier molecular flexibility index (Phi) is 7.27. The topological polar surface area (TPSA) is 105 Å². The molecule has 1 aliphatic heterocycles. The monoisotopic (exact) mass is 446 g/mol. The highest BCUT2D eigenvalue weighted by molar-refractivity contribution is 7.09. The molecule has 2 amide bonds. The number of carbonyl (C=O) groups is 2. The second-order valence-corrected chi connectivity index (χ2v) is 8.88. The van der Waals surface area contributed by atoms with Gasteiger partial charge in [-0.25, -0.2) is 4.98 Å². The number of aromatic nitrogens is 2. The van der Waals surface area contributed by atoms with E-state index in [1.165, 1.54) is 0 Å². The number of ether oxygens (including phenoxy) is 1. The lowest BCUT2D eigenvalue weighted by molar-refractivity contribution is -0.134. The van der Waals surface area contributed by atoms with Crippen molar-refractivity contribution < 1.29 is 19.4 Å². The highest BCUT2D eigenvalue weighted by Gasteiger charge is 2.36. The van der Waals surface area contributed by atoms with Crippen molar-refractivity contribution in [2.45, 2.75) is 65.0 Å². The first-order valence-electron chi connectivity index (χ1n) is 10.6. The van der Waals surface area contributed by atoms with Gasteiger partial charge >= 0.3 is 0 Å². The largest absolute Gasteiger partial charge is 0.493 e. The third-order valence-corrected chi connectivity index (χ3v) is 6.10. The summed E-state index contributed by atoms with van der Waals surface area (Å²) >= 11 is 1.14. The summed E-state index contributed by atoms with van der Waals surface area (Å²) in [5, 5.41) is 13.2. The van der Waals surface area contributed by atoms with Crippen molar-refractivity contribution in [1.29, 1.82) is 0 Å². The Balaban J connectivity index is 1.70. The molecular formula is C22H30N4O4S. The zero-order valence-corrected chi connectivity index (χ0v) is 19.4. The van der Waals surface area contributed by atoms with Crippen LogP contribution in [0.4, 0.5) is 5.13 Å². The lowest BCUT2D eigenvalue weighted by Crippen LogP contribution is -2.42. The summed E-state index contributed by atoms with van der Waals surface area (Å²) in [7, 11) is 0. The van der Waals surface area contributed by atoms with Crippen molar-refractivity contribution in [2.75, 3.05) is 18.5 Å². The van der Waals surface area contributed by atoms with Gasteiger partial charge in [0.25, 0.3) is 0 Å². The van der Waals surface area contributed by atoms with E-state index >= 15 is 0 Å². The Labute approximate surface area is 186 Å². The van der Waals surface area contributed by atoms with Crippen molar-refractivity contribution in [1.82, 2.24) is 14.3 Å². The summed E-state index contributed by atoms with van der Waals surface area (Å²) in [4.78, 5) is 31.3. The molecule has 168 valence electrons. The molecule has 1 saturated heterocycles. The molecule has 3 atom stereocenters. The minimum Gasteiger partial charge on any atom is -0.493 e. The van der Waals surface area contributed by atoms with E-state index in [4.69, 9.17) is 4.74 Å². The number of aliphatic hydroxyl groups is 1. The highest BCUT2D eigenvalue weighted by atomic mass is 32.1. The number of hydrogen-bond acceptors (Lipinski definition) is 7. The fourth-order valence-electron chi connectivity index (χ4n) is 3.63. The number of benzene rings is 1. The molecule has 0 aliphatic carbocycles. The van der Waals surface area contributed by atoms with Crippen molar-refractivity contribution in [3.05, 3.63) is 35.2 Å². The highest BCUT2D eigenvalue weighted by Crippen LogP contribution is 2.34. The van der Waals surface area contributed by atoms with Gasteiger partial charge in [-0.1, -0.05) is 26.0 Å². The molecule has 2 N–H and O–H groups in total. The fourth-order valence-corrected chi connectivity index (χ4v) is 4.34. The molecule has 2 aromatic rings. The van der Waals surface area contributed by atoms with Gasteiger partial charge in [-0.05, 0) is 32.4 Å². The smallest absolute Gasteiger partial charge is 0.248 e. The molecule has 3 rings (SSSR count). The van der Waals surface area contributed by atoms with Gasteiger partial charge in [-0.2, -0.15) is 4.37 Å². The Morgan fingerprint density at radius 1 is 1.35 bits per heavy atom. The molecular weight excluding hydrogens is 416 g/mol. The number of rotatable bonds is 8. The summed E-state index contributed by atoms with van der Waals surface area (Å²) < 4.78 is 9.93. The first-order valence-corrected chi connectivity index (χ1v) is 11.4. The van der Waals surface area contributed by atoms with E-state index in [0.717, 1.165) is 22.7 Å². The number of amides is 2. The van der Waals surface area contributed by atoms with Crippen LogP contribution < -0.4 is 10.1 Å². The second-order valence-electron chi connectivity index (χ2n) is 8.13. The van der Waals surface area contributed by atoms with E-state index in [1.54, 1.807) is 18.7 Å². The predicted octanol–water partition coefficient (Wildman–Crippen LogP) is 3.46. The standard InChI is InChI=1S/C22H30N4O4S/c1-6-30-18-9-15(7-8-17(18)14(5)27)16-10-19(28)26(11-16)13(4)21(29)24-22-23-20(12(2)3)25-31-22/h7-9,12-14,16,27H,6,10-11H2,1-5H3,(H,23,24,25,29)/t13-,14?,16-/m1/s1. The number of aliphatic hydroxyl groups excluding tert-OH is 1. The average molecular weight is 447 g/mol. The van der Waals surface area contributed by atoms with E-state index < -0.39 is 12.1 Å². The van der Waals surface area contributed by atoms with Gasteiger partial charge in [0.1, 0.15) is 17.6 Å². The first kappa shape index (κ1) is 23.1. The minimum absolute atomic E-state index is 0.0425. The molecule has 0 spiro atoms. The molecule has 0 radical (unpaired) electrons. The Bertz CT molecular complexity index is 943. The molecule has 1 fully saturated rings. The van der Waals surface area contributed by atoms with E-state index in [9.17, 15) is 14.7 Å². The van der Waals surface area contributed by atoms with Crippen LogP contribution in [0.3, 0.4) is 0 Å². The maximum absolute atomic E-state index is 12.7. The second kappa shape index (κ2) is 9.74. The zero-order valence-electron chi connectivity index (χ0n) is 18.6. The summed E-state index contributed by atoms with van der Waals surface area (Å²) in [5.41, 5.74) is 1.68. The first-order chi connectivity index (χ1) is 14.7. The zero-order chi connectivity index (χ0) is 22.7. The number of hydrogen-bond donors (Lipinski definition) is 2. The van der Waals surface area contributed by atoms with Crippen molar-refractivity contribution >= 4 is 28.5 Å². The Morgan fingerprint density at radius 2 is 2.10 bits per heavy atom. The van der Waals surface area contributed by atoms with E-state index in [-0.39, 0.29) is 23.7 Å². The molecule has 0 bridgehead atoms. The Hall–Kier alpha value is -2.52. The molecule has 2 heterocycles. The van der Waals surface area contributed by atoms with Gasteiger partial charge in [-0.3, -0.25) is 14.9 Å². The summed E-state index contributed by atoms with van der Waals surface area (Å²) in [5.74, 6) is 1.12. The molecule has 1 aromatic heterocycles. The molecule has 0 saturated carbocycles. The van der Waals surface area contributed by atoms with Crippen LogP contribution in [0.2, 0.25) is 0 Å². The van der Waals surface area contributed by atoms with E-state index in [2.05, 4.69) is 14.7 Å². The molecule has 1 unspecified atom stereocenters. The molecule has 31 heavy (non-hydrogen) atoms. The molecule has 1 aromatic carbocycles. The lowest BCUT2D eigenvalue weighted by Gasteiger charge is -2.23. The maximum Gasteiger partial charge on any atom is 0.248 e. The number of carbonyl (C=O) groups excluding carboxylic acids is 2. The van der Waals surface area contributed by atoms with Crippen molar-refractivity contribution in [3.63, 3.8) is 0 Å². The van der Waals surface area contributed by atoms with Crippen molar-refractivity contribution in [3.8, 4) is 5.75 Å². The third-order valence-electron chi connectivity index (χ3n) is 5.45. The summed E-state index contributed by atoms with van der Waals surface area (Å²) in [6.07, 6.45) is -0.314. The van der Waals surface area contributed by atoms with E-state index in [1.807, 2.05) is 39.0 Å². The van der Waals surface area contributed by atoms with Gasteiger partial charge in [0.2, 0.25) is 16.9 Å². The fraction of sp³-hybridized carbons (Fsp3) is 0.545. The van der Waals surface area contributed by atoms with Gasteiger partial charge < -0.3 is 14.7 Å². The van der Waals surface area contributed by atoms with Crippen LogP contribution in [0.15, 0.2) is 18.2 Å². The average Bonchev–Trinajstić information content (AvgIpc) is 3.34. The molecule has 1 aliphatic rings. The van der Waals surface area contributed by atoms with Crippen LogP contribution in [0.1, 0.15) is 75.9 Å². The number of nitrogens with zero attached hydrogens (tertiary/aromatic N) is 3. The van der Waals surface area contributed by atoms with Gasteiger partial charge in [0, 0.05) is 41.9 Å². The third kappa shape index (κ3) is 5.22. The maximum atomic E-state index is 12.7. The summed E-state index contributed by atoms with van der Waals surface area (Å²) in [6.45, 7) is 10.2. The quantitative estimate of drug-likeness (QED) is 0.643. The number of likely N-dealkylation sites (tertiary alicyclic amines) is 1. The van der Waals surface area contributed by atoms with E-state index in [0.29, 0.717) is 36.3 Å². The normalized spacial score (nSPS) is 18.4. The van der Waals surface area contributed by atoms with Crippen molar-refractivity contribution in [2.24, 2.45) is 0 Å². The number of nitrogens with one attached hydrogen (secondary N) is 1.